The van der Waals surface area contributed by atoms with Gasteiger partial charge in [0.2, 0.25) is 0 Å². The van der Waals surface area contributed by atoms with Crippen molar-refractivity contribution in [3.63, 3.8) is 0 Å². The summed E-state index contributed by atoms with van der Waals surface area (Å²) in [6, 6.07) is 7.05. The Morgan fingerprint density at radius 1 is 1.30 bits per heavy atom. The zero-order chi connectivity index (χ0) is 21.9. The van der Waals surface area contributed by atoms with Crippen molar-refractivity contribution in [3.05, 3.63) is 53.9 Å². The Labute approximate surface area is 173 Å². The number of phenolic OH excluding ortho intramolecular Hbond substituents is 1. The monoisotopic (exact) mass is 415 g/mol. The van der Waals surface area contributed by atoms with E-state index in [1.54, 1.807) is 31.5 Å². The minimum Gasteiger partial charge on any atom is -0.507 e. The molecule has 1 heterocycles. The molecule has 1 amide bonds. The third-order valence-electron chi connectivity index (χ3n) is 3.94. The van der Waals surface area contributed by atoms with Crippen LogP contribution in [0.4, 0.5) is 0 Å². The van der Waals surface area contributed by atoms with Crippen molar-refractivity contribution in [1.29, 1.82) is 0 Å². The molecule has 0 saturated carbocycles. The normalized spacial score (nSPS) is 11.2. The van der Waals surface area contributed by atoms with E-state index in [-0.39, 0.29) is 43.5 Å². The van der Waals surface area contributed by atoms with Crippen LogP contribution in [0.5, 0.6) is 11.5 Å². The van der Waals surface area contributed by atoms with Gasteiger partial charge in [-0.05, 0) is 30.7 Å². The molecule has 0 bridgehead atoms. The number of carbonyl (C=O) groups excluding carboxylic acids is 2. The number of hydrogen-bond acceptors (Lipinski definition) is 7. The zero-order valence-corrected chi connectivity index (χ0v) is 16.6. The third kappa shape index (κ3) is 6.97. The number of benzene rings is 1. The van der Waals surface area contributed by atoms with E-state index in [1.807, 2.05) is 0 Å². The van der Waals surface area contributed by atoms with Crippen LogP contribution in [0.3, 0.4) is 0 Å². The molecule has 1 atom stereocenters. The fourth-order valence-corrected chi connectivity index (χ4v) is 2.59. The number of hydrogen-bond donors (Lipinski definition) is 4. The van der Waals surface area contributed by atoms with Gasteiger partial charge in [0.15, 0.2) is 5.96 Å². The van der Waals surface area contributed by atoms with Crippen molar-refractivity contribution < 1.29 is 24.2 Å². The number of nitrogens with one attached hydrogen (secondary N) is 1. The van der Waals surface area contributed by atoms with E-state index in [9.17, 15) is 14.7 Å². The number of nitrogens with two attached hydrogens (primary N) is 2. The Morgan fingerprint density at radius 2 is 2.10 bits per heavy atom. The van der Waals surface area contributed by atoms with Crippen LogP contribution in [-0.4, -0.2) is 47.7 Å². The van der Waals surface area contributed by atoms with Gasteiger partial charge >= 0.3 is 5.97 Å². The first-order chi connectivity index (χ1) is 14.4. The van der Waals surface area contributed by atoms with Gasteiger partial charge in [-0.25, -0.2) is 0 Å². The van der Waals surface area contributed by atoms with Gasteiger partial charge in [0.1, 0.15) is 18.1 Å². The molecule has 0 aliphatic carbocycles. The van der Waals surface area contributed by atoms with Crippen molar-refractivity contribution >= 4 is 17.8 Å². The number of esters is 1. The fourth-order valence-electron chi connectivity index (χ4n) is 2.59. The summed E-state index contributed by atoms with van der Waals surface area (Å²) in [6.07, 6.45) is 3.07. The van der Waals surface area contributed by atoms with Gasteiger partial charge in [0.25, 0.3) is 5.91 Å². The lowest BCUT2D eigenvalue weighted by atomic mass is 10.0. The van der Waals surface area contributed by atoms with Crippen LogP contribution in [0.1, 0.15) is 35.3 Å². The molecular formula is C20H25N5O5. The number of amides is 1. The molecule has 2 aromatic rings. The van der Waals surface area contributed by atoms with Crippen LogP contribution in [0.15, 0.2) is 47.7 Å². The number of rotatable bonds is 10. The molecule has 10 nitrogen and oxygen atoms in total. The molecule has 0 fully saturated rings. The molecule has 1 unspecified atom stereocenters. The van der Waals surface area contributed by atoms with Gasteiger partial charge in [0.05, 0.1) is 31.2 Å². The summed E-state index contributed by atoms with van der Waals surface area (Å²) in [6.45, 7) is 2.39. The Kier molecular flexibility index (Phi) is 8.42. The molecule has 0 aliphatic heterocycles. The molecule has 2 rings (SSSR count). The molecular weight excluding hydrogens is 390 g/mol. The van der Waals surface area contributed by atoms with Gasteiger partial charge in [-0.15, -0.1) is 0 Å². The average molecular weight is 415 g/mol. The molecule has 0 spiro atoms. The second-order valence-corrected chi connectivity index (χ2v) is 6.16. The number of pyridine rings is 1. The third-order valence-corrected chi connectivity index (χ3v) is 3.94. The van der Waals surface area contributed by atoms with E-state index in [2.05, 4.69) is 15.3 Å². The van der Waals surface area contributed by atoms with Gasteiger partial charge < -0.3 is 31.4 Å². The second-order valence-electron chi connectivity index (χ2n) is 6.16. The Hall–Kier alpha value is -3.82. The summed E-state index contributed by atoms with van der Waals surface area (Å²) >= 11 is 0. The van der Waals surface area contributed by atoms with E-state index in [0.29, 0.717) is 11.3 Å². The van der Waals surface area contributed by atoms with Crippen LogP contribution in [0.25, 0.3) is 0 Å². The van der Waals surface area contributed by atoms with Crippen molar-refractivity contribution in [2.45, 2.75) is 19.4 Å². The topological polar surface area (TPSA) is 162 Å². The summed E-state index contributed by atoms with van der Waals surface area (Å²) < 4.78 is 10.4. The molecule has 1 aromatic carbocycles. The summed E-state index contributed by atoms with van der Waals surface area (Å²) in [5.41, 5.74) is 11.1. The SMILES string of the molecule is CCOC(=O)CC(NC(=O)c1ccc(OCCN=C(N)N)cc1O)c1cccnc1. The van der Waals surface area contributed by atoms with Gasteiger partial charge in [0, 0.05) is 18.5 Å². The van der Waals surface area contributed by atoms with Crippen molar-refractivity contribution in [2.24, 2.45) is 16.5 Å². The highest BCUT2D eigenvalue weighted by Gasteiger charge is 2.22. The van der Waals surface area contributed by atoms with Crippen LogP contribution in [0, 0.1) is 0 Å². The van der Waals surface area contributed by atoms with Crippen LogP contribution in [0.2, 0.25) is 0 Å². The summed E-state index contributed by atoms with van der Waals surface area (Å²) in [5, 5.41) is 13.0. The fraction of sp³-hybridized carbons (Fsp3) is 0.300. The lowest BCUT2D eigenvalue weighted by Crippen LogP contribution is -2.30. The lowest BCUT2D eigenvalue weighted by Gasteiger charge is -2.18. The standard InChI is InChI=1S/C20H25N5O5/c1-2-29-18(27)11-16(13-4-3-7-23-12-13)25-19(28)15-6-5-14(10-17(15)26)30-9-8-24-20(21)22/h3-7,10,12,16,26H,2,8-9,11H2,1H3,(H,25,28)(H4,21,22,24). The maximum Gasteiger partial charge on any atom is 0.308 e. The van der Waals surface area contributed by atoms with Gasteiger partial charge in [-0.2, -0.15) is 0 Å². The van der Waals surface area contributed by atoms with Gasteiger partial charge in [-0.3, -0.25) is 19.6 Å². The zero-order valence-electron chi connectivity index (χ0n) is 16.6. The van der Waals surface area contributed by atoms with E-state index in [0.717, 1.165) is 0 Å². The van der Waals surface area contributed by atoms with Crippen LogP contribution >= 0.6 is 0 Å². The Bertz CT molecular complexity index is 884. The smallest absolute Gasteiger partial charge is 0.308 e. The molecule has 0 radical (unpaired) electrons. The summed E-state index contributed by atoms with van der Waals surface area (Å²) in [7, 11) is 0. The van der Waals surface area contributed by atoms with Crippen molar-refractivity contribution in [1.82, 2.24) is 10.3 Å². The number of aliphatic imine (C=N–C) groups is 1. The molecule has 30 heavy (non-hydrogen) atoms. The highest BCUT2D eigenvalue weighted by Crippen LogP contribution is 2.25. The molecule has 0 aliphatic rings. The quantitative estimate of drug-likeness (QED) is 0.192. The number of ether oxygens (including phenoxy) is 2. The molecule has 1 aromatic heterocycles. The van der Waals surface area contributed by atoms with Crippen LogP contribution in [-0.2, 0) is 9.53 Å². The predicted octanol–water partition coefficient (Wildman–Crippen LogP) is 0.864. The van der Waals surface area contributed by atoms with E-state index >= 15 is 0 Å². The molecule has 0 saturated heterocycles. The number of carbonyl (C=O) groups is 2. The highest BCUT2D eigenvalue weighted by molar-refractivity contribution is 5.97. The number of aromatic hydroxyl groups is 1. The lowest BCUT2D eigenvalue weighted by molar-refractivity contribution is -0.143. The summed E-state index contributed by atoms with van der Waals surface area (Å²) in [5.74, 6) is -0.976. The van der Waals surface area contributed by atoms with E-state index in [1.165, 1.54) is 18.2 Å². The number of aromatic nitrogens is 1. The molecule has 160 valence electrons. The Morgan fingerprint density at radius 3 is 2.73 bits per heavy atom. The largest absolute Gasteiger partial charge is 0.507 e. The first-order valence-electron chi connectivity index (χ1n) is 9.28. The van der Waals surface area contributed by atoms with Crippen molar-refractivity contribution in [2.75, 3.05) is 19.8 Å². The second kappa shape index (κ2) is 11.2. The van der Waals surface area contributed by atoms with Crippen LogP contribution < -0.4 is 21.5 Å². The molecule has 6 N–H and O–H groups in total. The van der Waals surface area contributed by atoms with Crippen molar-refractivity contribution in [3.8, 4) is 11.5 Å². The number of guanidine groups is 1. The highest BCUT2D eigenvalue weighted by atomic mass is 16.5. The molecule has 10 heteroatoms. The summed E-state index contributed by atoms with van der Waals surface area (Å²) in [4.78, 5) is 32.4. The minimum absolute atomic E-state index is 0.0318. The minimum atomic E-state index is -0.667. The van der Waals surface area contributed by atoms with Gasteiger partial charge in [-0.1, -0.05) is 6.07 Å². The maximum absolute atomic E-state index is 12.7. The number of nitrogens with zero attached hydrogens (tertiary/aromatic N) is 2. The Balaban J connectivity index is 2.09. The first-order valence-corrected chi connectivity index (χ1v) is 9.28. The average Bonchev–Trinajstić information content (AvgIpc) is 2.71. The number of phenols is 1. The van der Waals surface area contributed by atoms with E-state index in [4.69, 9.17) is 20.9 Å². The predicted molar refractivity (Wildman–Crippen MR) is 110 cm³/mol. The van der Waals surface area contributed by atoms with E-state index < -0.39 is 17.9 Å². The maximum atomic E-state index is 12.7. The first kappa shape index (κ1) is 22.5.